The Bertz CT molecular complexity index is 440. The number of nitriles is 1. The van der Waals surface area contributed by atoms with Gasteiger partial charge in [-0.1, -0.05) is 6.92 Å². The third-order valence-corrected chi connectivity index (χ3v) is 4.38. The average molecular weight is 260 g/mol. The molecule has 0 radical (unpaired) electrons. The molecule has 1 aliphatic rings. The molecule has 0 bridgehead atoms. The summed E-state index contributed by atoms with van der Waals surface area (Å²) in [6.45, 7) is 2.22. The Balaban J connectivity index is 3.05. The minimum atomic E-state index is -3.47. The lowest BCUT2D eigenvalue weighted by Gasteiger charge is -2.37. The van der Waals surface area contributed by atoms with Crippen LogP contribution in [0.2, 0.25) is 0 Å². The molecular formula is C10H16N2O4S. The molecule has 0 aliphatic carbocycles. The summed E-state index contributed by atoms with van der Waals surface area (Å²) in [6, 6.07) is 0.935. The Morgan fingerprint density at radius 2 is 2.18 bits per heavy atom. The summed E-state index contributed by atoms with van der Waals surface area (Å²) in [7, 11) is -3.47. The minimum absolute atomic E-state index is 0.230. The highest BCUT2D eigenvalue weighted by Gasteiger charge is 2.40. The van der Waals surface area contributed by atoms with E-state index in [0.29, 0.717) is 12.8 Å². The van der Waals surface area contributed by atoms with E-state index < -0.39 is 28.0 Å². The molecule has 96 valence electrons. The molecule has 1 saturated heterocycles. The fourth-order valence-electron chi connectivity index (χ4n) is 2.18. The lowest BCUT2D eigenvalue weighted by atomic mass is 9.87. The molecule has 0 spiro atoms. The molecule has 3 atom stereocenters. The van der Waals surface area contributed by atoms with Gasteiger partial charge in [-0.3, -0.25) is 4.79 Å². The van der Waals surface area contributed by atoms with Crippen LogP contribution in [-0.2, 0) is 14.8 Å². The highest BCUT2D eigenvalue weighted by Crippen LogP contribution is 2.29. The van der Waals surface area contributed by atoms with Crippen LogP contribution in [0.3, 0.4) is 0 Å². The van der Waals surface area contributed by atoms with Crippen LogP contribution in [0.15, 0.2) is 0 Å². The van der Waals surface area contributed by atoms with Crippen molar-refractivity contribution in [1.82, 2.24) is 4.31 Å². The summed E-state index contributed by atoms with van der Waals surface area (Å²) in [6.07, 6.45) is 2.16. The number of nitrogens with zero attached hydrogens (tertiary/aromatic N) is 2. The maximum Gasteiger partial charge on any atom is 0.322 e. The molecule has 0 aromatic heterocycles. The third-order valence-electron chi connectivity index (χ3n) is 3.07. The van der Waals surface area contributed by atoms with Gasteiger partial charge in [-0.2, -0.15) is 9.57 Å². The van der Waals surface area contributed by atoms with Crippen molar-refractivity contribution in [2.24, 2.45) is 11.8 Å². The predicted molar refractivity (Wildman–Crippen MR) is 60.5 cm³/mol. The van der Waals surface area contributed by atoms with Crippen LogP contribution in [-0.4, -0.2) is 42.6 Å². The number of carboxylic acid groups (broad SMARTS) is 1. The minimum Gasteiger partial charge on any atom is -0.480 e. The normalized spacial score (nSPS) is 28.3. The maximum absolute atomic E-state index is 11.6. The van der Waals surface area contributed by atoms with Crippen molar-refractivity contribution in [3.05, 3.63) is 0 Å². The van der Waals surface area contributed by atoms with E-state index in [0.717, 1.165) is 10.6 Å². The van der Waals surface area contributed by atoms with Crippen molar-refractivity contribution < 1.29 is 18.3 Å². The van der Waals surface area contributed by atoms with Crippen molar-refractivity contribution in [3.8, 4) is 6.07 Å². The van der Waals surface area contributed by atoms with Crippen molar-refractivity contribution in [2.75, 3.05) is 12.8 Å². The third kappa shape index (κ3) is 3.17. The van der Waals surface area contributed by atoms with Gasteiger partial charge in [0.2, 0.25) is 10.0 Å². The highest BCUT2D eigenvalue weighted by molar-refractivity contribution is 7.88. The first kappa shape index (κ1) is 13.9. The SMILES string of the molecule is CC1CCN(S(C)(=O)=O)C(C(C#N)C(=O)O)C1. The predicted octanol–water partition coefficient (Wildman–Crippen LogP) is 0.271. The topological polar surface area (TPSA) is 98.5 Å². The first-order valence-electron chi connectivity index (χ1n) is 5.36. The molecule has 0 aromatic rings. The van der Waals surface area contributed by atoms with Crippen molar-refractivity contribution >= 4 is 16.0 Å². The number of sulfonamides is 1. The molecule has 0 amide bonds. The first-order valence-corrected chi connectivity index (χ1v) is 7.21. The smallest absolute Gasteiger partial charge is 0.322 e. The van der Waals surface area contributed by atoms with Crippen molar-refractivity contribution in [2.45, 2.75) is 25.8 Å². The van der Waals surface area contributed by atoms with Crippen LogP contribution >= 0.6 is 0 Å². The second kappa shape index (κ2) is 5.02. The van der Waals surface area contributed by atoms with E-state index in [4.69, 9.17) is 10.4 Å². The van der Waals surface area contributed by atoms with Gasteiger partial charge in [0.15, 0.2) is 5.92 Å². The number of aliphatic carboxylic acids is 1. The van der Waals surface area contributed by atoms with Gasteiger partial charge in [0.25, 0.3) is 0 Å². The van der Waals surface area contributed by atoms with Crippen LogP contribution in [0.4, 0.5) is 0 Å². The molecule has 1 heterocycles. The molecule has 0 aromatic carbocycles. The van der Waals surface area contributed by atoms with Gasteiger partial charge in [0, 0.05) is 6.54 Å². The zero-order valence-corrected chi connectivity index (χ0v) is 10.6. The van der Waals surface area contributed by atoms with Crippen molar-refractivity contribution in [3.63, 3.8) is 0 Å². The van der Waals surface area contributed by atoms with E-state index in [1.807, 2.05) is 6.92 Å². The molecular weight excluding hydrogens is 244 g/mol. The van der Waals surface area contributed by atoms with E-state index >= 15 is 0 Å². The summed E-state index contributed by atoms with van der Waals surface area (Å²) in [5, 5.41) is 17.8. The fraction of sp³-hybridized carbons (Fsp3) is 0.800. The van der Waals surface area contributed by atoms with Crippen LogP contribution in [0, 0.1) is 23.2 Å². The van der Waals surface area contributed by atoms with Gasteiger partial charge in [-0.05, 0) is 18.8 Å². The Morgan fingerprint density at radius 1 is 1.59 bits per heavy atom. The van der Waals surface area contributed by atoms with Crippen LogP contribution < -0.4 is 0 Å². The Morgan fingerprint density at radius 3 is 2.59 bits per heavy atom. The summed E-state index contributed by atoms with van der Waals surface area (Å²) in [5.74, 6) is -2.33. The van der Waals surface area contributed by atoms with E-state index in [1.165, 1.54) is 0 Å². The summed E-state index contributed by atoms with van der Waals surface area (Å²) < 4.78 is 24.3. The molecule has 7 heteroatoms. The van der Waals surface area contributed by atoms with Gasteiger partial charge in [-0.15, -0.1) is 0 Å². The molecule has 3 unspecified atom stereocenters. The molecule has 1 fully saturated rings. The van der Waals surface area contributed by atoms with Gasteiger partial charge < -0.3 is 5.11 Å². The zero-order valence-electron chi connectivity index (χ0n) is 9.83. The number of piperidine rings is 1. The summed E-state index contributed by atoms with van der Waals surface area (Å²) in [5.41, 5.74) is 0. The van der Waals surface area contributed by atoms with Crippen molar-refractivity contribution in [1.29, 1.82) is 5.26 Å². The van der Waals surface area contributed by atoms with E-state index in [-0.39, 0.29) is 12.5 Å². The van der Waals surface area contributed by atoms with Gasteiger partial charge in [-0.25, -0.2) is 8.42 Å². The standard InChI is InChI=1S/C10H16N2O4S/c1-7-3-4-12(17(2,15)16)9(5-7)8(6-11)10(13)14/h7-9H,3-5H2,1-2H3,(H,13,14). The average Bonchev–Trinajstić information content (AvgIpc) is 2.16. The van der Waals surface area contributed by atoms with Crippen LogP contribution in [0.25, 0.3) is 0 Å². The number of carbonyl (C=O) groups is 1. The molecule has 17 heavy (non-hydrogen) atoms. The highest BCUT2D eigenvalue weighted by atomic mass is 32.2. The van der Waals surface area contributed by atoms with Gasteiger partial charge in [0.05, 0.1) is 18.4 Å². The quantitative estimate of drug-likeness (QED) is 0.785. The maximum atomic E-state index is 11.6. The lowest BCUT2D eigenvalue weighted by Crippen LogP contribution is -2.50. The molecule has 1 rings (SSSR count). The Labute approximate surface area is 101 Å². The molecule has 1 aliphatic heterocycles. The summed E-state index contributed by atoms with van der Waals surface area (Å²) in [4.78, 5) is 11.0. The largest absolute Gasteiger partial charge is 0.480 e. The summed E-state index contributed by atoms with van der Waals surface area (Å²) >= 11 is 0. The zero-order chi connectivity index (χ0) is 13.2. The first-order chi connectivity index (χ1) is 7.77. The van der Waals surface area contributed by atoms with Crippen LogP contribution in [0.5, 0.6) is 0 Å². The Kier molecular flexibility index (Phi) is 4.11. The van der Waals surface area contributed by atoms with Crippen LogP contribution in [0.1, 0.15) is 19.8 Å². The molecule has 0 saturated carbocycles. The molecule has 6 nitrogen and oxygen atoms in total. The van der Waals surface area contributed by atoms with Gasteiger partial charge >= 0.3 is 5.97 Å². The molecule has 1 N–H and O–H groups in total. The van der Waals surface area contributed by atoms with E-state index in [2.05, 4.69) is 0 Å². The van der Waals surface area contributed by atoms with E-state index in [1.54, 1.807) is 6.07 Å². The number of carboxylic acids is 1. The fourth-order valence-corrected chi connectivity index (χ4v) is 3.32. The van der Waals surface area contributed by atoms with E-state index in [9.17, 15) is 13.2 Å². The second-order valence-electron chi connectivity index (χ2n) is 4.52. The lowest BCUT2D eigenvalue weighted by molar-refractivity contribution is -0.141. The number of hydrogen-bond donors (Lipinski definition) is 1. The Hall–Kier alpha value is -1.13. The monoisotopic (exact) mass is 260 g/mol. The van der Waals surface area contributed by atoms with Gasteiger partial charge in [0.1, 0.15) is 0 Å². The number of rotatable bonds is 3. The number of hydrogen-bond acceptors (Lipinski definition) is 4. The second-order valence-corrected chi connectivity index (χ2v) is 6.45.